The van der Waals surface area contributed by atoms with Crippen LogP contribution < -0.4 is 10.1 Å². The van der Waals surface area contributed by atoms with Gasteiger partial charge >= 0.3 is 0 Å². The Bertz CT molecular complexity index is 1210. The van der Waals surface area contributed by atoms with Crippen molar-refractivity contribution in [2.75, 3.05) is 13.7 Å². The SMILES string of the molecule is COc1ccc2cc3n(c2c1)C[C@](C)(C(=O)NC1CCCC1)N(C[C@@H](C)c1ccccc1)C3=O. The molecule has 0 spiro atoms. The predicted molar refractivity (Wildman–Crippen MR) is 133 cm³/mol. The topological polar surface area (TPSA) is 63.6 Å². The fourth-order valence-corrected chi connectivity index (χ4v) is 5.52. The Kier molecular flexibility index (Phi) is 5.84. The summed E-state index contributed by atoms with van der Waals surface area (Å²) in [6.45, 7) is 4.92. The van der Waals surface area contributed by atoms with E-state index in [4.69, 9.17) is 4.74 Å². The lowest BCUT2D eigenvalue weighted by atomic mass is 9.91. The van der Waals surface area contributed by atoms with Crippen LogP contribution in [0.4, 0.5) is 0 Å². The van der Waals surface area contributed by atoms with Crippen molar-refractivity contribution in [1.29, 1.82) is 0 Å². The van der Waals surface area contributed by atoms with Gasteiger partial charge in [0.1, 0.15) is 17.0 Å². The van der Waals surface area contributed by atoms with Gasteiger partial charge < -0.3 is 19.5 Å². The predicted octanol–water partition coefficient (Wildman–Crippen LogP) is 4.73. The van der Waals surface area contributed by atoms with Crippen molar-refractivity contribution in [2.24, 2.45) is 0 Å². The minimum atomic E-state index is -0.995. The molecule has 1 aliphatic heterocycles. The molecule has 1 N–H and O–H groups in total. The summed E-state index contributed by atoms with van der Waals surface area (Å²) < 4.78 is 7.43. The molecule has 2 heterocycles. The molecule has 0 unspecified atom stereocenters. The summed E-state index contributed by atoms with van der Waals surface area (Å²) in [6.07, 6.45) is 4.29. The molecule has 6 nitrogen and oxygen atoms in total. The van der Waals surface area contributed by atoms with Crippen molar-refractivity contribution >= 4 is 22.7 Å². The maximum atomic E-state index is 14.0. The summed E-state index contributed by atoms with van der Waals surface area (Å²) in [5.74, 6) is 0.662. The fourth-order valence-electron chi connectivity index (χ4n) is 5.52. The van der Waals surface area contributed by atoms with Gasteiger partial charge in [-0.2, -0.15) is 0 Å². The number of nitrogens with zero attached hydrogens (tertiary/aromatic N) is 2. The van der Waals surface area contributed by atoms with Gasteiger partial charge in [0.25, 0.3) is 5.91 Å². The van der Waals surface area contributed by atoms with Crippen LogP contribution in [0.25, 0.3) is 10.9 Å². The molecule has 1 aromatic heterocycles. The van der Waals surface area contributed by atoms with Gasteiger partial charge in [0.05, 0.1) is 19.2 Å². The molecular formula is C28H33N3O3. The average Bonchev–Trinajstić information content (AvgIpc) is 3.49. The van der Waals surface area contributed by atoms with Gasteiger partial charge in [-0.1, -0.05) is 50.1 Å². The number of nitrogens with one attached hydrogen (secondary N) is 1. The molecule has 1 saturated carbocycles. The number of methoxy groups -OCH3 is 1. The van der Waals surface area contributed by atoms with E-state index in [1.165, 1.54) is 0 Å². The fraction of sp³-hybridized carbons (Fsp3) is 0.429. The van der Waals surface area contributed by atoms with Crippen molar-refractivity contribution in [3.05, 3.63) is 65.9 Å². The Morgan fingerprint density at radius 1 is 1.15 bits per heavy atom. The first-order valence-corrected chi connectivity index (χ1v) is 12.3. The Balaban J connectivity index is 1.55. The second-order valence-electron chi connectivity index (χ2n) is 10.00. The van der Waals surface area contributed by atoms with Crippen LogP contribution in [0.2, 0.25) is 0 Å². The van der Waals surface area contributed by atoms with Crippen molar-refractivity contribution in [3.63, 3.8) is 0 Å². The van der Waals surface area contributed by atoms with Gasteiger partial charge in [0.2, 0.25) is 5.91 Å². The van der Waals surface area contributed by atoms with E-state index >= 15 is 0 Å². The summed E-state index contributed by atoms with van der Waals surface area (Å²) in [5.41, 5.74) is 1.70. The highest BCUT2D eigenvalue weighted by Crippen LogP contribution is 2.35. The lowest BCUT2D eigenvalue weighted by Gasteiger charge is -2.45. The maximum absolute atomic E-state index is 14.0. The highest BCUT2D eigenvalue weighted by Gasteiger charge is 2.48. The first-order valence-electron chi connectivity index (χ1n) is 12.3. The molecule has 0 radical (unpaired) electrons. The Morgan fingerprint density at radius 2 is 1.88 bits per heavy atom. The summed E-state index contributed by atoms with van der Waals surface area (Å²) in [7, 11) is 1.64. The van der Waals surface area contributed by atoms with Gasteiger partial charge in [-0.25, -0.2) is 0 Å². The lowest BCUT2D eigenvalue weighted by Crippen LogP contribution is -2.65. The lowest BCUT2D eigenvalue weighted by molar-refractivity contribution is -0.133. The molecule has 2 aliphatic rings. The second kappa shape index (κ2) is 8.82. The summed E-state index contributed by atoms with van der Waals surface area (Å²) in [5, 5.41) is 4.25. The van der Waals surface area contributed by atoms with Crippen molar-refractivity contribution in [3.8, 4) is 5.75 Å². The van der Waals surface area contributed by atoms with Crippen LogP contribution in [0.3, 0.4) is 0 Å². The number of hydrogen-bond donors (Lipinski definition) is 1. The first kappa shape index (κ1) is 22.5. The molecule has 5 rings (SSSR count). The van der Waals surface area contributed by atoms with Crippen LogP contribution in [0.5, 0.6) is 5.75 Å². The van der Waals surface area contributed by atoms with Crippen molar-refractivity contribution in [2.45, 2.75) is 63.6 Å². The molecule has 3 aromatic rings. The number of rotatable bonds is 6. The third-order valence-electron chi connectivity index (χ3n) is 7.64. The van der Waals surface area contributed by atoms with E-state index in [0.717, 1.165) is 47.9 Å². The second-order valence-corrected chi connectivity index (χ2v) is 10.00. The van der Waals surface area contributed by atoms with Crippen molar-refractivity contribution < 1.29 is 14.3 Å². The number of benzene rings is 2. The number of amides is 2. The zero-order valence-corrected chi connectivity index (χ0v) is 20.2. The maximum Gasteiger partial charge on any atom is 0.271 e. The number of ether oxygens (including phenoxy) is 1. The van der Waals surface area contributed by atoms with Gasteiger partial charge in [-0.3, -0.25) is 9.59 Å². The molecule has 1 aliphatic carbocycles. The molecule has 2 atom stereocenters. The normalized spacial score (nSPS) is 21.5. The monoisotopic (exact) mass is 459 g/mol. The molecule has 0 bridgehead atoms. The smallest absolute Gasteiger partial charge is 0.271 e. The van der Waals surface area contributed by atoms with E-state index in [0.29, 0.717) is 18.8 Å². The minimum Gasteiger partial charge on any atom is -0.497 e. The Labute approximate surface area is 200 Å². The third-order valence-corrected chi connectivity index (χ3v) is 7.64. The molecule has 6 heteroatoms. The van der Waals surface area contributed by atoms with E-state index in [-0.39, 0.29) is 23.8 Å². The Morgan fingerprint density at radius 3 is 2.59 bits per heavy atom. The summed E-state index contributed by atoms with van der Waals surface area (Å²) in [4.78, 5) is 29.6. The van der Waals surface area contributed by atoms with Crippen LogP contribution in [-0.4, -0.2) is 46.5 Å². The van der Waals surface area contributed by atoms with E-state index in [9.17, 15) is 9.59 Å². The highest BCUT2D eigenvalue weighted by molar-refractivity contribution is 6.03. The van der Waals surface area contributed by atoms with Crippen LogP contribution >= 0.6 is 0 Å². The highest BCUT2D eigenvalue weighted by atomic mass is 16.5. The van der Waals surface area contributed by atoms with Gasteiger partial charge in [0, 0.05) is 24.0 Å². The van der Waals surface area contributed by atoms with Gasteiger partial charge in [0.15, 0.2) is 0 Å². The number of aromatic nitrogens is 1. The van der Waals surface area contributed by atoms with Crippen molar-refractivity contribution in [1.82, 2.24) is 14.8 Å². The molecule has 2 amide bonds. The van der Waals surface area contributed by atoms with Crippen LogP contribution in [0.1, 0.15) is 61.5 Å². The molecule has 2 aromatic carbocycles. The first-order chi connectivity index (χ1) is 16.4. The van der Waals surface area contributed by atoms with E-state index in [1.54, 1.807) is 12.0 Å². The summed E-state index contributed by atoms with van der Waals surface area (Å²) in [6, 6.07) is 18.1. The zero-order chi connectivity index (χ0) is 23.9. The number of carbonyl (C=O) groups excluding carboxylic acids is 2. The molecule has 1 fully saturated rings. The molecule has 178 valence electrons. The summed E-state index contributed by atoms with van der Waals surface area (Å²) >= 11 is 0. The molecule has 34 heavy (non-hydrogen) atoms. The standard InChI is InChI=1S/C28H33N3O3/c1-19(20-9-5-4-6-10-20)17-31-26(32)25-15-21-13-14-23(34-3)16-24(21)30(25)18-28(31,2)27(33)29-22-11-7-8-12-22/h4-6,9-10,13-16,19,22H,7-8,11-12,17-18H2,1-3H3,(H,29,33)/t19-,28-/m1/s1. The average molecular weight is 460 g/mol. The van der Waals surface area contributed by atoms with Gasteiger partial charge in [-0.15, -0.1) is 0 Å². The third kappa shape index (κ3) is 3.85. The van der Waals surface area contributed by atoms with Gasteiger partial charge in [-0.05, 0) is 49.4 Å². The van der Waals surface area contributed by atoms with E-state index in [2.05, 4.69) is 24.4 Å². The minimum absolute atomic E-state index is 0.0663. The van der Waals surface area contributed by atoms with Crippen LogP contribution in [-0.2, 0) is 11.3 Å². The van der Waals surface area contributed by atoms with Crippen LogP contribution in [0, 0.1) is 0 Å². The quantitative estimate of drug-likeness (QED) is 0.580. The number of hydrogen-bond acceptors (Lipinski definition) is 3. The zero-order valence-electron chi connectivity index (χ0n) is 20.2. The molecular weight excluding hydrogens is 426 g/mol. The van der Waals surface area contributed by atoms with E-state index in [1.807, 2.05) is 54.0 Å². The Hall–Kier alpha value is -3.28. The number of fused-ring (bicyclic) bond motifs is 3. The van der Waals surface area contributed by atoms with E-state index < -0.39 is 5.54 Å². The van der Waals surface area contributed by atoms with Crippen LogP contribution in [0.15, 0.2) is 54.6 Å². The largest absolute Gasteiger partial charge is 0.497 e. The number of carbonyl (C=O) groups is 2. The molecule has 0 saturated heterocycles.